The van der Waals surface area contributed by atoms with Crippen molar-refractivity contribution in [2.45, 2.75) is 59.4 Å². The first kappa shape index (κ1) is 29.0. The fraction of sp³-hybridized carbons (Fsp3) is 0.429. The number of halogens is 2. The van der Waals surface area contributed by atoms with E-state index >= 15 is 0 Å². The van der Waals surface area contributed by atoms with Gasteiger partial charge in [0, 0.05) is 0 Å². The van der Waals surface area contributed by atoms with Crippen molar-refractivity contribution < 1.29 is 36.4 Å². The van der Waals surface area contributed by atoms with E-state index in [-0.39, 0.29) is 24.8 Å². The van der Waals surface area contributed by atoms with Crippen molar-refractivity contribution in [2.24, 2.45) is 5.92 Å². The van der Waals surface area contributed by atoms with Crippen molar-refractivity contribution >= 4 is 24.9 Å². The minimum atomic E-state index is -4.95. The smallest absolute Gasteiger partial charge is 1.00 e. The van der Waals surface area contributed by atoms with Gasteiger partial charge in [0.1, 0.15) is 0 Å². The molecule has 0 amide bonds. The van der Waals surface area contributed by atoms with Gasteiger partial charge in [-0.15, -0.1) is 0 Å². The van der Waals surface area contributed by atoms with Crippen LogP contribution in [0.25, 0.3) is 11.1 Å². The van der Waals surface area contributed by atoms with Crippen LogP contribution in [0.15, 0.2) is 60.7 Å². The van der Waals surface area contributed by atoms with Crippen LogP contribution in [0.2, 0.25) is 18.5 Å². The third kappa shape index (κ3) is 4.33. The summed E-state index contributed by atoms with van der Waals surface area (Å²) in [5.41, 5.74) is 9.12. The molecule has 0 fully saturated rings. The van der Waals surface area contributed by atoms with E-state index in [1.54, 1.807) is 16.7 Å². The molecule has 33 heavy (non-hydrogen) atoms. The summed E-state index contributed by atoms with van der Waals surface area (Å²) in [5.74, 6) is 0.604. The molecular formula is C28H42Cl2Si2Zr-8. The molecule has 5 heteroatoms. The zero-order chi connectivity index (χ0) is 23.0. The normalized spacial score (nSPS) is 24.7. The molecular weight excluding hydrogens is 555 g/mol. The van der Waals surface area contributed by atoms with Crippen LogP contribution in [0.3, 0.4) is 0 Å². The van der Waals surface area contributed by atoms with Gasteiger partial charge in [0.25, 0.3) is 0 Å². The Balaban J connectivity index is 0.00000193. The topological polar surface area (TPSA) is 0 Å². The third-order valence-electron chi connectivity index (χ3n) is 9.07. The second-order valence-electron chi connectivity index (χ2n) is 16.7. The molecule has 3 atom stereocenters. The van der Waals surface area contributed by atoms with E-state index in [2.05, 4.69) is 114 Å². The first-order valence-electron chi connectivity index (χ1n) is 12.2. The summed E-state index contributed by atoms with van der Waals surface area (Å²) >= 11 is -4.95. The molecule has 2 aliphatic rings. The van der Waals surface area contributed by atoms with Gasteiger partial charge in [-0.05, 0) is 0 Å². The monoisotopic (exact) mass is 594 g/mol. The van der Waals surface area contributed by atoms with Crippen LogP contribution < -0.4 is 24.8 Å². The fourth-order valence-electron chi connectivity index (χ4n) is 7.02. The molecule has 188 valence electrons. The summed E-state index contributed by atoms with van der Waals surface area (Å²) in [7, 11) is 0. The maximum atomic E-state index is 2.75. The Labute approximate surface area is 207 Å². The molecule has 2 aromatic carbocycles. The first-order chi connectivity index (χ1) is 13.9. The quantitative estimate of drug-likeness (QED) is 0.457. The Morgan fingerprint density at radius 2 is 1.24 bits per heavy atom. The van der Waals surface area contributed by atoms with Gasteiger partial charge in [-0.25, -0.2) is 0 Å². The van der Waals surface area contributed by atoms with Crippen LogP contribution in [0.4, 0.5) is 0 Å². The molecule has 0 bridgehead atoms. The summed E-state index contributed by atoms with van der Waals surface area (Å²) in [5, 5.41) is 0. The van der Waals surface area contributed by atoms with Gasteiger partial charge in [-0.1, -0.05) is 0 Å². The van der Waals surface area contributed by atoms with Crippen LogP contribution in [0.5, 0.6) is 0 Å². The molecule has 2 aliphatic carbocycles. The maximum Gasteiger partial charge on any atom is -1.00 e. The van der Waals surface area contributed by atoms with Crippen LogP contribution in [0, 0.1) is 5.92 Å². The molecule has 0 radical (unpaired) electrons. The van der Waals surface area contributed by atoms with Gasteiger partial charge >= 0.3 is 185 Å². The Hall–Kier alpha value is -0.183. The summed E-state index contributed by atoms with van der Waals surface area (Å²) < 4.78 is 11.9. The van der Waals surface area contributed by atoms with Crippen molar-refractivity contribution in [3.63, 3.8) is 0 Å². The molecule has 0 saturated carbocycles. The van der Waals surface area contributed by atoms with Gasteiger partial charge in [-0.3, -0.25) is 0 Å². The minimum Gasteiger partial charge on any atom is -1.00 e. The Morgan fingerprint density at radius 3 is 1.79 bits per heavy atom. The van der Waals surface area contributed by atoms with E-state index in [1.165, 1.54) is 29.5 Å². The minimum absolute atomic E-state index is 0. The number of fused-ring (bicyclic) bond motifs is 2. The second-order valence-corrected chi connectivity index (χ2v) is 121. The predicted octanol–water partition coefficient (Wildman–Crippen LogP) is 1.31. The SMILES string of the molecule is CCCC(C)C1=C[CH]([Zr-6]([CH3])([CH3])([CH3])([CH3])(=[SiH2])(=[SiH2])[CH]2C=C(C)c3ccccc32)c2ccccc21.[Cl-].[Cl-]. The summed E-state index contributed by atoms with van der Waals surface area (Å²) in [4.78, 5) is 0. The number of benzene rings is 2. The van der Waals surface area contributed by atoms with Crippen LogP contribution in [-0.4, -0.2) is 13.8 Å². The van der Waals surface area contributed by atoms with E-state index in [9.17, 15) is 0 Å². The summed E-state index contributed by atoms with van der Waals surface area (Å²) in [6.45, 7) is 11.9. The van der Waals surface area contributed by atoms with Gasteiger partial charge in [0.2, 0.25) is 0 Å². The molecule has 0 nitrogen and oxygen atoms in total. The van der Waals surface area contributed by atoms with Crippen LogP contribution in [0.1, 0.15) is 63.1 Å². The van der Waals surface area contributed by atoms with Crippen molar-refractivity contribution in [2.75, 3.05) is 0 Å². The average molecular weight is 597 g/mol. The Bertz CT molecular complexity index is 1440. The van der Waals surface area contributed by atoms with Crippen LogP contribution in [-0.2, 0) is 11.6 Å². The fourth-order valence-corrected chi connectivity index (χ4v) is 32.3. The largest absolute Gasteiger partial charge is 1.00 e. The number of hydrogen-bond acceptors (Lipinski definition) is 0. The van der Waals surface area contributed by atoms with E-state index in [0.29, 0.717) is 13.2 Å². The van der Waals surface area contributed by atoms with Crippen LogP contribution >= 0.6 is 0 Å². The maximum absolute atomic E-state index is 4.95. The van der Waals surface area contributed by atoms with Crippen molar-refractivity contribution in [1.82, 2.24) is 0 Å². The average Bonchev–Trinajstić information content (AvgIpc) is 3.22. The van der Waals surface area contributed by atoms with Crippen molar-refractivity contribution in [3.8, 4) is 0 Å². The van der Waals surface area contributed by atoms with E-state index < -0.39 is 11.6 Å². The summed E-state index contributed by atoms with van der Waals surface area (Å²) in [6.07, 6.45) is 7.87. The predicted molar refractivity (Wildman–Crippen MR) is 145 cm³/mol. The molecule has 4 rings (SSSR count). The molecule has 0 aromatic heterocycles. The Kier molecular flexibility index (Phi) is 5.96. The molecule has 0 saturated heterocycles. The van der Waals surface area contributed by atoms with E-state index in [0.717, 1.165) is 0 Å². The molecule has 3 unspecified atom stereocenters. The molecule has 0 aliphatic heterocycles. The number of allylic oxidation sites excluding steroid dienone is 4. The second kappa shape index (κ2) is 6.77. The summed E-state index contributed by atoms with van der Waals surface area (Å²) in [6, 6.07) is 18.5. The molecule has 0 N–H and O–H groups in total. The zero-order valence-electron chi connectivity index (χ0n) is 21.6. The number of hydrogen-bond donors (Lipinski definition) is 0. The Morgan fingerprint density at radius 1 is 0.788 bits per heavy atom. The number of rotatable bonds is 5. The first-order valence-corrected chi connectivity index (χ1v) is 36.8. The molecule has 0 heterocycles. The zero-order valence-corrected chi connectivity index (χ0v) is 28.4. The van der Waals surface area contributed by atoms with E-state index in [4.69, 9.17) is 0 Å². The van der Waals surface area contributed by atoms with Gasteiger partial charge in [0.05, 0.1) is 0 Å². The molecule has 2 aromatic rings. The molecule has 0 spiro atoms. The van der Waals surface area contributed by atoms with Crippen molar-refractivity contribution in [1.29, 1.82) is 0 Å². The van der Waals surface area contributed by atoms with E-state index in [1.807, 2.05) is 0 Å². The van der Waals surface area contributed by atoms with Gasteiger partial charge in [-0.2, -0.15) is 0 Å². The van der Waals surface area contributed by atoms with Gasteiger partial charge < -0.3 is 24.8 Å². The third-order valence-corrected chi connectivity index (χ3v) is 40.1. The van der Waals surface area contributed by atoms with Gasteiger partial charge in [0.15, 0.2) is 0 Å². The standard InChI is InChI=1S/C14H17.C10H9.4CH3.2ClH.2H2Si.Zr/c1-3-6-11(2)13-10-9-12-7-4-5-8-14(12)13;1-8-6-7-9-4-2-3-5-10(8)9;;;;;;;;;/h4-5,7-11H,3,6H2,1-2H3;2-7H,1H3;4*1H3;2*1H;2*1H2;/q;;;;;;;;;;-6/p-2. The van der Waals surface area contributed by atoms with Crippen molar-refractivity contribution in [3.05, 3.63) is 82.9 Å².